The lowest BCUT2D eigenvalue weighted by atomic mass is 10.1. The molecule has 0 spiro atoms. The molecule has 0 saturated heterocycles. The number of fused-ring (bicyclic) bond motifs is 1. The van der Waals surface area contributed by atoms with Crippen LogP contribution < -0.4 is 10.6 Å². The van der Waals surface area contributed by atoms with Crippen molar-refractivity contribution in [1.82, 2.24) is 15.1 Å². The molecule has 2 heterocycles. The van der Waals surface area contributed by atoms with E-state index in [0.717, 1.165) is 22.3 Å². The number of aryl methyl sites for hydroxylation is 3. The summed E-state index contributed by atoms with van der Waals surface area (Å²) in [7, 11) is -3.33. The Morgan fingerprint density at radius 2 is 1.66 bits per heavy atom. The van der Waals surface area contributed by atoms with E-state index in [1.165, 1.54) is 4.68 Å². The van der Waals surface area contributed by atoms with E-state index in [0.29, 0.717) is 16.9 Å². The summed E-state index contributed by atoms with van der Waals surface area (Å²) >= 11 is 0. The van der Waals surface area contributed by atoms with Gasteiger partial charge in [0, 0.05) is 12.1 Å². The Bertz CT molecular complexity index is 1320. The summed E-state index contributed by atoms with van der Waals surface area (Å²) in [4.78, 5) is 25.1. The van der Waals surface area contributed by atoms with E-state index in [9.17, 15) is 18.0 Å². The van der Waals surface area contributed by atoms with Crippen LogP contribution in [0, 0.1) is 20.8 Å². The van der Waals surface area contributed by atoms with Crippen molar-refractivity contribution in [3.8, 4) is 5.69 Å². The molecule has 3 aromatic rings. The van der Waals surface area contributed by atoms with Gasteiger partial charge < -0.3 is 10.6 Å². The normalized spacial score (nSPS) is 14.1. The summed E-state index contributed by atoms with van der Waals surface area (Å²) in [6.45, 7) is 6.04. The minimum absolute atomic E-state index is 0.192. The summed E-state index contributed by atoms with van der Waals surface area (Å²) in [5.74, 6) is -1.90. The Balaban J connectivity index is 1.60. The van der Waals surface area contributed by atoms with E-state index < -0.39 is 21.7 Å². The standard InChI is InChI=1S/C23H24N4O4S/c1-14-4-7-17(8-5-14)11-24-22(28)23(29)25-21-18-12-32(30,31)13-19(18)26-27(21)20-9-6-15(2)10-16(20)3/h4-10H,11-13H2,1-3H3,(H,24,28)(H,25,29). The molecule has 1 aliphatic rings. The number of rotatable bonds is 4. The van der Waals surface area contributed by atoms with Crippen LogP contribution in [0.3, 0.4) is 0 Å². The largest absolute Gasteiger partial charge is 0.344 e. The molecule has 2 amide bonds. The van der Waals surface area contributed by atoms with Gasteiger partial charge in [-0.1, -0.05) is 47.5 Å². The maximum Gasteiger partial charge on any atom is 0.314 e. The van der Waals surface area contributed by atoms with Gasteiger partial charge in [-0.25, -0.2) is 13.1 Å². The van der Waals surface area contributed by atoms with Crippen LogP contribution in [-0.2, 0) is 37.5 Å². The lowest BCUT2D eigenvalue weighted by Crippen LogP contribution is -2.35. The van der Waals surface area contributed by atoms with Crippen molar-refractivity contribution in [1.29, 1.82) is 0 Å². The van der Waals surface area contributed by atoms with Gasteiger partial charge in [-0.2, -0.15) is 5.10 Å². The number of aromatic nitrogens is 2. The molecule has 0 radical (unpaired) electrons. The molecule has 0 bridgehead atoms. The van der Waals surface area contributed by atoms with Gasteiger partial charge in [0.2, 0.25) is 0 Å². The molecule has 9 heteroatoms. The average Bonchev–Trinajstić information content (AvgIpc) is 3.19. The first-order valence-electron chi connectivity index (χ1n) is 10.2. The fraction of sp³-hybridized carbons (Fsp3) is 0.261. The number of anilines is 1. The van der Waals surface area contributed by atoms with Crippen LogP contribution in [-0.4, -0.2) is 30.0 Å². The van der Waals surface area contributed by atoms with Crippen LogP contribution >= 0.6 is 0 Å². The molecular formula is C23H24N4O4S. The van der Waals surface area contributed by atoms with Crippen LogP contribution in [0.5, 0.6) is 0 Å². The number of sulfone groups is 1. The first-order chi connectivity index (χ1) is 15.1. The highest BCUT2D eigenvalue weighted by Crippen LogP contribution is 2.33. The molecule has 2 aromatic carbocycles. The molecule has 1 aliphatic heterocycles. The highest BCUT2D eigenvalue weighted by Gasteiger charge is 2.34. The molecule has 0 unspecified atom stereocenters. The summed E-state index contributed by atoms with van der Waals surface area (Å²) in [5, 5.41) is 9.65. The number of hydrogen-bond donors (Lipinski definition) is 2. The molecular weight excluding hydrogens is 428 g/mol. The number of benzene rings is 2. The van der Waals surface area contributed by atoms with Crippen molar-refractivity contribution in [3.05, 3.63) is 76.0 Å². The number of hydrogen-bond acceptors (Lipinski definition) is 5. The van der Waals surface area contributed by atoms with E-state index >= 15 is 0 Å². The zero-order chi connectivity index (χ0) is 23.0. The van der Waals surface area contributed by atoms with Crippen LogP contribution in [0.1, 0.15) is 33.5 Å². The molecule has 0 fully saturated rings. The fourth-order valence-electron chi connectivity index (χ4n) is 3.72. The third-order valence-electron chi connectivity index (χ3n) is 5.38. The molecule has 32 heavy (non-hydrogen) atoms. The first kappa shape index (κ1) is 21.8. The number of carbonyl (C=O) groups excluding carboxylic acids is 2. The smallest absolute Gasteiger partial charge is 0.314 e. The van der Waals surface area contributed by atoms with Gasteiger partial charge in [0.25, 0.3) is 0 Å². The molecule has 0 atom stereocenters. The quantitative estimate of drug-likeness (QED) is 0.591. The van der Waals surface area contributed by atoms with Gasteiger partial charge in [-0.05, 0) is 38.0 Å². The molecule has 0 saturated carbocycles. The Hall–Kier alpha value is -3.46. The second-order valence-corrected chi connectivity index (χ2v) is 10.2. The highest BCUT2D eigenvalue weighted by molar-refractivity contribution is 7.90. The predicted octanol–water partition coefficient (Wildman–Crippen LogP) is 2.48. The van der Waals surface area contributed by atoms with Crippen LogP contribution in [0.4, 0.5) is 5.82 Å². The Kier molecular flexibility index (Phi) is 5.60. The topological polar surface area (TPSA) is 110 Å². The summed E-state index contributed by atoms with van der Waals surface area (Å²) in [6.07, 6.45) is 0. The van der Waals surface area contributed by atoms with Crippen molar-refractivity contribution >= 4 is 27.5 Å². The van der Waals surface area contributed by atoms with E-state index in [1.807, 2.05) is 63.2 Å². The summed E-state index contributed by atoms with van der Waals surface area (Å²) < 4.78 is 25.8. The summed E-state index contributed by atoms with van der Waals surface area (Å²) in [5.41, 5.74) is 5.45. The lowest BCUT2D eigenvalue weighted by molar-refractivity contribution is -0.136. The molecule has 4 rings (SSSR count). The summed E-state index contributed by atoms with van der Waals surface area (Å²) in [6, 6.07) is 13.3. The third-order valence-corrected chi connectivity index (χ3v) is 6.82. The number of nitrogens with one attached hydrogen (secondary N) is 2. The van der Waals surface area contributed by atoms with E-state index in [1.54, 1.807) is 0 Å². The van der Waals surface area contributed by atoms with Gasteiger partial charge in [-0.15, -0.1) is 0 Å². The highest BCUT2D eigenvalue weighted by atomic mass is 32.2. The fourth-order valence-corrected chi connectivity index (χ4v) is 5.21. The van der Waals surface area contributed by atoms with Gasteiger partial charge in [0.1, 0.15) is 5.82 Å². The van der Waals surface area contributed by atoms with E-state index in [2.05, 4.69) is 15.7 Å². The number of carbonyl (C=O) groups is 2. The molecule has 166 valence electrons. The van der Waals surface area contributed by atoms with Crippen molar-refractivity contribution in [2.45, 2.75) is 38.8 Å². The number of nitrogens with zero attached hydrogens (tertiary/aromatic N) is 2. The monoisotopic (exact) mass is 452 g/mol. The second kappa shape index (κ2) is 8.23. The number of amides is 2. The van der Waals surface area contributed by atoms with E-state index in [-0.39, 0.29) is 23.9 Å². The maximum atomic E-state index is 12.7. The van der Waals surface area contributed by atoms with Gasteiger partial charge >= 0.3 is 11.8 Å². The Morgan fingerprint density at radius 3 is 2.34 bits per heavy atom. The molecule has 0 aliphatic carbocycles. The minimum atomic E-state index is -3.33. The van der Waals surface area contributed by atoms with Crippen LogP contribution in [0.25, 0.3) is 5.69 Å². The Labute approximate surface area is 186 Å². The van der Waals surface area contributed by atoms with Crippen LogP contribution in [0.15, 0.2) is 42.5 Å². The molecule has 2 N–H and O–H groups in total. The van der Waals surface area contributed by atoms with Gasteiger partial charge in [0.15, 0.2) is 9.84 Å². The predicted molar refractivity (Wildman–Crippen MR) is 121 cm³/mol. The second-order valence-electron chi connectivity index (χ2n) is 8.13. The van der Waals surface area contributed by atoms with Crippen molar-refractivity contribution in [3.63, 3.8) is 0 Å². The maximum absolute atomic E-state index is 12.7. The third kappa shape index (κ3) is 4.43. The zero-order valence-electron chi connectivity index (χ0n) is 18.1. The van der Waals surface area contributed by atoms with Crippen LogP contribution in [0.2, 0.25) is 0 Å². The van der Waals surface area contributed by atoms with Gasteiger partial charge in [-0.3, -0.25) is 9.59 Å². The van der Waals surface area contributed by atoms with E-state index in [4.69, 9.17) is 0 Å². The Morgan fingerprint density at radius 1 is 0.969 bits per heavy atom. The SMILES string of the molecule is Cc1ccc(CNC(=O)C(=O)Nc2c3c(nn2-c2ccc(C)cc2C)CS(=O)(=O)C3)cc1. The average molecular weight is 453 g/mol. The minimum Gasteiger partial charge on any atom is -0.344 e. The first-order valence-corrected chi connectivity index (χ1v) is 12.0. The van der Waals surface area contributed by atoms with Crippen molar-refractivity contribution in [2.24, 2.45) is 0 Å². The van der Waals surface area contributed by atoms with Crippen molar-refractivity contribution < 1.29 is 18.0 Å². The van der Waals surface area contributed by atoms with Gasteiger partial charge in [0.05, 0.1) is 22.9 Å². The van der Waals surface area contributed by atoms with Crippen molar-refractivity contribution in [2.75, 3.05) is 5.32 Å². The zero-order valence-corrected chi connectivity index (χ0v) is 18.9. The molecule has 1 aromatic heterocycles. The molecule has 8 nitrogen and oxygen atoms in total. The lowest BCUT2D eigenvalue weighted by Gasteiger charge is -2.13.